The third-order valence-electron chi connectivity index (χ3n) is 3.00. The van der Waals surface area contributed by atoms with E-state index in [1.54, 1.807) is 7.11 Å². The molecule has 0 aromatic carbocycles. The van der Waals surface area contributed by atoms with Crippen LogP contribution in [-0.2, 0) is 11.3 Å². The number of rotatable bonds is 8. The number of aromatic nitrogens is 1. The van der Waals surface area contributed by atoms with Crippen molar-refractivity contribution in [3.8, 4) is 5.88 Å². The second kappa shape index (κ2) is 7.09. The van der Waals surface area contributed by atoms with Gasteiger partial charge in [0.15, 0.2) is 0 Å². The summed E-state index contributed by atoms with van der Waals surface area (Å²) in [5.41, 5.74) is 0.946. The Balaban J connectivity index is 1.56. The highest BCUT2D eigenvalue weighted by molar-refractivity contribution is 5.76. The third-order valence-corrected chi connectivity index (χ3v) is 3.00. The fourth-order valence-electron chi connectivity index (χ4n) is 1.79. The fraction of sp³-hybridized carbons (Fsp3) is 0.571. The van der Waals surface area contributed by atoms with Crippen molar-refractivity contribution in [2.24, 2.45) is 0 Å². The van der Waals surface area contributed by atoms with Gasteiger partial charge in [0.25, 0.3) is 0 Å². The maximum Gasteiger partial charge on any atom is 0.220 e. The summed E-state index contributed by atoms with van der Waals surface area (Å²) in [5.74, 6) is 0.798. The Morgan fingerprint density at radius 1 is 1.47 bits per heavy atom. The molecule has 2 rings (SSSR count). The SMILES string of the molecule is COc1cccc(CNCCCC(=O)NC2CC2)n1. The lowest BCUT2D eigenvalue weighted by molar-refractivity contribution is -0.121. The molecule has 1 aliphatic rings. The standard InChI is InChI=1S/C14H21N3O2/c1-19-14-6-2-4-12(17-14)10-15-9-3-5-13(18)16-11-7-8-11/h2,4,6,11,15H,3,5,7-10H2,1H3,(H,16,18). The van der Waals surface area contributed by atoms with Gasteiger partial charge in [-0.3, -0.25) is 4.79 Å². The molecule has 0 aliphatic heterocycles. The van der Waals surface area contributed by atoms with Gasteiger partial charge in [-0.05, 0) is 31.9 Å². The molecule has 0 spiro atoms. The summed E-state index contributed by atoms with van der Waals surface area (Å²) in [6.07, 6.45) is 3.73. The van der Waals surface area contributed by atoms with E-state index in [0.717, 1.165) is 31.5 Å². The van der Waals surface area contributed by atoms with E-state index in [2.05, 4.69) is 15.6 Å². The molecule has 5 nitrogen and oxygen atoms in total. The average molecular weight is 263 g/mol. The van der Waals surface area contributed by atoms with E-state index >= 15 is 0 Å². The molecular weight excluding hydrogens is 242 g/mol. The normalized spacial score (nSPS) is 14.2. The number of nitrogens with zero attached hydrogens (tertiary/aromatic N) is 1. The Hall–Kier alpha value is -1.62. The van der Waals surface area contributed by atoms with E-state index in [4.69, 9.17) is 4.74 Å². The van der Waals surface area contributed by atoms with E-state index in [1.165, 1.54) is 0 Å². The van der Waals surface area contributed by atoms with Crippen molar-refractivity contribution in [3.63, 3.8) is 0 Å². The van der Waals surface area contributed by atoms with Crippen LogP contribution in [0, 0.1) is 0 Å². The van der Waals surface area contributed by atoms with Crippen LogP contribution in [0.4, 0.5) is 0 Å². The van der Waals surface area contributed by atoms with E-state index in [-0.39, 0.29) is 5.91 Å². The molecule has 1 saturated carbocycles. The average Bonchev–Trinajstić information content (AvgIpc) is 3.22. The zero-order valence-corrected chi connectivity index (χ0v) is 11.3. The lowest BCUT2D eigenvalue weighted by Crippen LogP contribution is -2.26. The van der Waals surface area contributed by atoms with Crippen LogP contribution in [0.25, 0.3) is 0 Å². The van der Waals surface area contributed by atoms with Crippen LogP contribution >= 0.6 is 0 Å². The topological polar surface area (TPSA) is 63.2 Å². The smallest absolute Gasteiger partial charge is 0.220 e. The second-order valence-electron chi connectivity index (χ2n) is 4.79. The molecule has 1 fully saturated rings. The van der Waals surface area contributed by atoms with Crippen molar-refractivity contribution in [2.45, 2.75) is 38.3 Å². The number of amides is 1. The number of nitrogens with one attached hydrogen (secondary N) is 2. The quantitative estimate of drug-likeness (QED) is 0.693. The molecule has 0 unspecified atom stereocenters. The van der Waals surface area contributed by atoms with Gasteiger partial charge in [0.1, 0.15) is 0 Å². The molecule has 104 valence electrons. The monoisotopic (exact) mass is 263 g/mol. The molecule has 5 heteroatoms. The lowest BCUT2D eigenvalue weighted by Gasteiger charge is -2.06. The lowest BCUT2D eigenvalue weighted by atomic mass is 10.3. The highest BCUT2D eigenvalue weighted by Gasteiger charge is 2.22. The van der Waals surface area contributed by atoms with E-state index in [0.29, 0.717) is 24.9 Å². The van der Waals surface area contributed by atoms with Crippen LogP contribution in [-0.4, -0.2) is 30.6 Å². The molecule has 0 bridgehead atoms. The Morgan fingerprint density at radius 3 is 3.05 bits per heavy atom. The van der Waals surface area contributed by atoms with Gasteiger partial charge in [-0.15, -0.1) is 0 Å². The maximum atomic E-state index is 11.4. The molecule has 1 aromatic heterocycles. The Morgan fingerprint density at radius 2 is 2.32 bits per heavy atom. The molecule has 19 heavy (non-hydrogen) atoms. The van der Waals surface area contributed by atoms with E-state index in [1.807, 2.05) is 18.2 Å². The number of hydrogen-bond donors (Lipinski definition) is 2. The van der Waals surface area contributed by atoms with Gasteiger partial charge in [0.2, 0.25) is 11.8 Å². The predicted molar refractivity (Wildman–Crippen MR) is 72.9 cm³/mol. The maximum absolute atomic E-state index is 11.4. The van der Waals surface area contributed by atoms with Gasteiger partial charge >= 0.3 is 0 Å². The first-order valence-electron chi connectivity index (χ1n) is 6.78. The molecule has 2 N–H and O–H groups in total. The number of pyridine rings is 1. The summed E-state index contributed by atoms with van der Waals surface area (Å²) in [6.45, 7) is 1.51. The van der Waals surface area contributed by atoms with Gasteiger partial charge in [-0.2, -0.15) is 0 Å². The zero-order chi connectivity index (χ0) is 13.5. The second-order valence-corrected chi connectivity index (χ2v) is 4.79. The zero-order valence-electron chi connectivity index (χ0n) is 11.3. The third kappa shape index (κ3) is 5.26. The van der Waals surface area contributed by atoms with Crippen LogP contribution in [0.1, 0.15) is 31.4 Å². The van der Waals surface area contributed by atoms with Crippen molar-refractivity contribution in [3.05, 3.63) is 23.9 Å². The van der Waals surface area contributed by atoms with Gasteiger partial charge < -0.3 is 15.4 Å². The molecule has 1 aliphatic carbocycles. The molecule has 1 amide bonds. The summed E-state index contributed by atoms with van der Waals surface area (Å²) in [5, 5.41) is 6.26. The van der Waals surface area contributed by atoms with Crippen LogP contribution in [0.5, 0.6) is 5.88 Å². The van der Waals surface area contributed by atoms with Crippen molar-refractivity contribution in [1.29, 1.82) is 0 Å². The van der Waals surface area contributed by atoms with Crippen LogP contribution in [0.3, 0.4) is 0 Å². The highest BCUT2D eigenvalue weighted by Crippen LogP contribution is 2.18. The van der Waals surface area contributed by atoms with Crippen LogP contribution in [0.15, 0.2) is 18.2 Å². The Kier molecular flexibility index (Phi) is 5.15. The first-order chi connectivity index (χ1) is 9.28. The molecular formula is C14H21N3O2. The summed E-state index contributed by atoms with van der Waals surface area (Å²) < 4.78 is 5.06. The summed E-state index contributed by atoms with van der Waals surface area (Å²) in [4.78, 5) is 15.7. The summed E-state index contributed by atoms with van der Waals surface area (Å²) >= 11 is 0. The minimum atomic E-state index is 0.170. The Labute approximate surface area is 113 Å². The number of carbonyl (C=O) groups excluding carboxylic acids is 1. The first kappa shape index (κ1) is 13.8. The van der Waals surface area contributed by atoms with Gasteiger partial charge in [-0.25, -0.2) is 4.98 Å². The minimum Gasteiger partial charge on any atom is -0.481 e. The number of hydrogen-bond acceptors (Lipinski definition) is 4. The molecule has 0 radical (unpaired) electrons. The van der Waals surface area contributed by atoms with Crippen molar-refractivity contribution >= 4 is 5.91 Å². The van der Waals surface area contributed by atoms with E-state index in [9.17, 15) is 4.79 Å². The minimum absolute atomic E-state index is 0.170. The first-order valence-corrected chi connectivity index (χ1v) is 6.78. The number of methoxy groups -OCH3 is 1. The summed E-state index contributed by atoms with van der Waals surface area (Å²) in [6, 6.07) is 6.16. The van der Waals surface area contributed by atoms with Crippen LogP contribution < -0.4 is 15.4 Å². The highest BCUT2D eigenvalue weighted by atomic mass is 16.5. The van der Waals surface area contributed by atoms with Crippen molar-refractivity contribution < 1.29 is 9.53 Å². The number of carbonyl (C=O) groups is 1. The van der Waals surface area contributed by atoms with Gasteiger partial charge in [0, 0.05) is 25.1 Å². The van der Waals surface area contributed by atoms with E-state index < -0.39 is 0 Å². The fourth-order valence-corrected chi connectivity index (χ4v) is 1.79. The van der Waals surface area contributed by atoms with Crippen molar-refractivity contribution in [1.82, 2.24) is 15.6 Å². The Bertz CT molecular complexity index is 419. The summed E-state index contributed by atoms with van der Waals surface area (Å²) in [7, 11) is 1.61. The molecule has 1 heterocycles. The largest absolute Gasteiger partial charge is 0.481 e. The molecule has 1 aromatic rings. The van der Waals surface area contributed by atoms with Crippen LogP contribution in [0.2, 0.25) is 0 Å². The van der Waals surface area contributed by atoms with Gasteiger partial charge in [-0.1, -0.05) is 6.07 Å². The predicted octanol–water partition coefficient (Wildman–Crippen LogP) is 1.24. The number of ether oxygens (including phenoxy) is 1. The molecule has 0 saturated heterocycles. The van der Waals surface area contributed by atoms with Gasteiger partial charge in [0.05, 0.1) is 12.8 Å². The molecule has 0 atom stereocenters. The van der Waals surface area contributed by atoms with Crippen molar-refractivity contribution in [2.75, 3.05) is 13.7 Å².